The van der Waals surface area contributed by atoms with Gasteiger partial charge in [0.15, 0.2) is 0 Å². The molecule has 0 amide bonds. The van der Waals surface area contributed by atoms with Crippen molar-refractivity contribution < 1.29 is 0 Å². The molecule has 11 heavy (non-hydrogen) atoms. The van der Waals surface area contributed by atoms with Gasteiger partial charge in [0.2, 0.25) is 0 Å². The molecule has 0 radical (unpaired) electrons. The second-order valence-electron chi connectivity index (χ2n) is 1.97. The molecule has 1 rings (SSSR count). The summed E-state index contributed by atoms with van der Waals surface area (Å²) in [6.07, 6.45) is 0. The summed E-state index contributed by atoms with van der Waals surface area (Å²) in [5.41, 5.74) is 0.919. The van der Waals surface area contributed by atoms with Crippen LogP contribution in [0.1, 0.15) is 5.56 Å². The topological polar surface area (TPSA) is 0 Å². The Morgan fingerprint density at radius 3 is 2.45 bits per heavy atom. The van der Waals surface area contributed by atoms with Crippen molar-refractivity contribution in [2.75, 3.05) is 0 Å². The van der Waals surface area contributed by atoms with E-state index in [0.29, 0.717) is 15.9 Å². The van der Waals surface area contributed by atoms with Crippen LogP contribution >= 0.6 is 57.4 Å². The lowest BCUT2D eigenvalue weighted by molar-refractivity contribution is 1.39. The third-order valence-corrected chi connectivity index (χ3v) is 4.05. The van der Waals surface area contributed by atoms with Crippen LogP contribution in [0.2, 0.25) is 10.0 Å². The number of alkyl halides is 1. The minimum absolute atomic E-state index is 0.423. The third-order valence-electron chi connectivity index (χ3n) is 1.26. The third kappa shape index (κ3) is 2.14. The molecule has 1 aromatic rings. The standard InChI is InChI=1S/C7H4Cl3I/c8-3-4-1-2-5(9)7(11)6(4)10/h1-2H,3H2. The molecule has 0 aliphatic rings. The van der Waals surface area contributed by atoms with Crippen LogP contribution in [-0.2, 0) is 5.88 Å². The average Bonchev–Trinajstić information content (AvgIpc) is 2.01. The van der Waals surface area contributed by atoms with Gasteiger partial charge in [0.1, 0.15) is 0 Å². The quantitative estimate of drug-likeness (QED) is 0.410. The normalized spacial score (nSPS) is 10.2. The van der Waals surface area contributed by atoms with Gasteiger partial charge in [0, 0.05) is 5.88 Å². The summed E-state index contributed by atoms with van der Waals surface area (Å²) < 4.78 is 0.865. The van der Waals surface area contributed by atoms with Crippen LogP contribution < -0.4 is 0 Å². The Morgan fingerprint density at radius 2 is 1.91 bits per heavy atom. The van der Waals surface area contributed by atoms with E-state index in [4.69, 9.17) is 34.8 Å². The molecule has 0 saturated heterocycles. The minimum Gasteiger partial charge on any atom is -0.121 e. The Labute approximate surface area is 94.0 Å². The van der Waals surface area contributed by atoms with Gasteiger partial charge >= 0.3 is 0 Å². The highest BCUT2D eigenvalue weighted by molar-refractivity contribution is 14.1. The molecule has 0 heterocycles. The van der Waals surface area contributed by atoms with E-state index in [1.54, 1.807) is 6.07 Å². The van der Waals surface area contributed by atoms with Crippen LogP contribution in [0, 0.1) is 3.57 Å². The summed E-state index contributed by atoms with van der Waals surface area (Å²) in [4.78, 5) is 0. The van der Waals surface area contributed by atoms with E-state index in [1.807, 2.05) is 6.07 Å². The molecule has 0 unspecified atom stereocenters. The molecule has 1 aromatic carbocycles. The summed E-state index contributed by atoms with van der Waals surface area (Å²) in [6, 6.07) is 3.63. The maximum absolute atomic E-state index is 5.92. The van der Waals surface area contributed by atoms with Crippen molar-refractivity contribution in [2.24, 2.45) is 0 Å². The minimum atomic E-state index is 0.423. The lowest BCUT2D eigenvalue weighted by Crippen LogP contribution is -1.84. The number of benzene rings is 1. The first kappa shape index (κ1) is 9.90. The zero-order valence-corrected chi connectivity index (χ0v) is 9.80. The molecular formula is C7H4Cl3I. The first-order valence-electron chi connectivity index (χ1n) is 2.85. The fourth-order valence-electron chi connectivity index (χ4n) is 0.669. The molecular weight excluding hydrogens is 317 g/mol. The van der Waals surface area contributed by atoms with Crippen LogP contribution in [-0.4, -0.2) is 0 Å². The lowest BCUT2D eigenvalue weighted by Gasteiger charge is -2.02. The largest absolute Gasteiger partial charge is 0.121 e. The molecule has 0 N–H and O–H groups in total. The molecule has 0 aliphatic heterocycles. The predicted octanol–water partition coefficient (Wildman–Crippen LogP) is 4.34. The van der Waals surface area contributed by atoms with Crippen molar-refractivity contribution in [1.29, 1.82) is 0 Å². The van der Waals surface area contributed by atoms with E-state index in [9.17, 15) is 0 Å². The molecule has 0 atom stereocenters. The first-order chi connectivity index (χ1) is 5.16. The van der Waals surface area contributed by atoms with E-state index in [0.717, 1.165) is 9.13 Å². The van der Waals surface area contributed by atoms with Gasteiger partial charge in [0.05, 0.1) is 13.6 Å². The second-order valence-corrected chi connectivity index (χ2v) is 4.10. The fraction of sp³-hybridized carbons (Fsp3) is 0.143. The van der Waals surface area contributed by atoms with Gasteiger partial charge in [0.25, 0.3) is 0 Å². The van der Waals surface area contributed by atoms with E-state index in [-0.39, 0.29) is 0 Å². The SMILES string of the molecule is ClCc1ccc(Cl)c(I)c1Cl. The average molecular weight is 321 g/mol. The van der Waals surface area contributed by atoms with E-state index in [1.165, 1.54) is 0 Å². The highest BCUT2D eigenvalue weighted by Gasteiger charge is 2.06. The zero-order valence-electron chi connectivity index (χ0n) is 5.37. The van der Waals surface area contributed by atoms with Crippen molar-refractivity contribution >= 4 is 57.4 Å². The summed E-state index contributed by atoms with van der Waals surface area (Å²) in [5.74, 6) is 0.423. The maximum atomic E-state index is 5.92. The van der Waals surface area contributed by atoms with Crippen molar-refractivity contribution in [3.05, 3.63) is 31.3 Å². The van der Waals surface area contributed by atoms with Gasteiger partial charge in [-0.15, -0.1) is 11.6 Å². The molecule has 0 bridgehead atoms. The van der Waals surface area contributed by atoms with Crippen LogP contribution in [0.15, 0.2) is 12.1 Å². The van der Waals surface area contributed by atoms with Crippen molar-refractivity contribution in [3.63, 3.8) is 0 Å². The van der Waals surface area contributed by atoms with Crippen molar-refractivity contribution in [1.82, 2.24) is 0 Å². The van der Waals surface area contributed by atoms with Gasteiger partial charge in [-0.3, -0.25) is 0 Å². The van der Waals surface area contributed by atoms with Gasteiger partial charge in [-0.25, -0.2) is 0 Å². The molecule has 0 aromatic heterocycles. The first-order valence-corrected chi connectivity index (χ1v) is 5.22. The second kappa shape index (κ2) is 4.17. The highest BCUT2D eigenvalue weighted by Crippen LogP contribution is 2.29. The van der Waals surface area contributed by atoms with Crippen LogP contribution in [0.4, 0.5) is 0 Å². The summed E-state index contributed by atoms with van der Waals surface area (Å²) in [7, 11) is 0. The Bertz CT molecular complexity index is 273. The number of hydrogen-bond acceptors (Lipinski definition) is 0. The Balaban J connectivity index is 3.25. The van der Waals surface area contributed by atoms with Crippen LogP contribution in [0.3, 0.4) is 0 Å². The van der Waals surface area contributed by atoms with Gasteiger partial charge in [-0.2, -0.15) is 0 Å². The van der Waals surface area contributed by atoms with Gasteiger partial charge < -0.3 is 0 Å². The van der Waals surface area contributed by atoms with E-state index < -0.39 is 0 Å². The van der Waals surface area contributed by atoms with Gasteiger partial charge in [-0.1, -0.05) is 29.3 Å². The summed E-state index contributed by atoms with van der Waals surface area (Å²) in [5, 5.41) is 1.33. The molecule has 0 fully saturated rings. The van der Waals surface area contributed by atoms with Crippen molar-refractivity contribution in [2.45, 2.75) is 5.88 Å². The van der Waals surface area contributed by atoms with E-state index >= 15 is 0 Å². The summed E-state index contributed by atoms with van der Waals surface area (Å²) in [6.45, 7) is 0. The Hall–Kier alpha value is 0.820. The smallest absolute Gasteiger partial charge is 0.0598 e. The van der Waals surface area contributed by atoms with E-state index in [2.05, 4.69) is 22.6 Å². The van der Waals surface area contributed by atoms with Crippen LogP contribution in [0.5, 0.6) is 0 Å². The van der Waals surface area contributed by atoms with Crippen LogP contribution in [0.25, 0.3) is 0 Å². The molecule has 0 saturated carbocycles. The Morgan fingerprint density at radius 1 is 1.27 bits per heavy atom. The van der Waals surface area contributed by atoms with Gasteiger partial charge in [-0.05, 0) is 34.2 Å². The summed E-state index contributed by atoms with van der Waals surface area (Å²) >= 11 is 19.5. The number of halogens is 4. The highest BCUT2D eigenvalue weighted by atomic mass is 127. The molecule has 4 heteroatoms. The monoisotopic (exact) mass is 320 g/mol. The molecule has 0 nitrogen and oxygen atoms in total. The fourth-order valence-corrected chi connectivity index (χ4v) is 1.92. The zero-order chi connectivity index (χ0) is 8.43. The predicted molar refractivity (Wildman–Crippen MR) is 58.7 cm³/mol. The molecule has 0 spiro atoms. The Kier molecular flexibility index (Phi) is 3.75. The number of rotatable bonds is 1. The maximum Gasteiger partial charge on any atom is 0.0598 e. The molecule has 60 valence electrons. The lowest BCUT2D eigenvalue weighted by atomic mass is 10.2. The van der Waals surface area contributed by atoms with Crippen molar-refractivity contribution in [3.8, 4) is 0 Å². The number of hydrogen-bond donors (Lipinski definition) is 0. The molecule has 0 aliphatic carbocycles.